The first kappa shape index (κ1) is 17.6. The van der Waals surface area contributed by atoms with Gasteiger partial charge in [0.25, 0.3) is 5.91 Å². The van der Waals surface area contributed by atoms with Crippen LogP contribution in [0.25, 0.3) is 11.3 Å². The predicted molar refractivity (Wildman–Crippen MR) is 98.4 cm³/mol. The van der Waals surface area contributed by atoms with Crippen molar-refractivity contribution >= 4 is 28.3 Å². The van der Waals surface area contributed by atoms with Crippen LogP contribution in [0.5, 0.6) is 5.75 Å². The van der Waals surface area contributed by atoms with E-state index >= 15 is 0 Å². The number of aromatic nitrogens is 3. The topological polar surface area (TPSA) is 109 Å². The molecule has 8 nitrogen and oxygen atoms in total. The van der Waals surface area contributed by atoms with Crippen LogP contribution in [-0.4, -0.2) is 41.2 Å². The Hall–Kier alpha value is -3.20. The number of H-pyrrole nitrogens is 1. The number of carbonyl (C=O) groups is 2. The highest BCUT2D eigenvalue weighted by Gasteiger charge is 2.15. The Labute approximate surface area is 153 Å². The number of thiazole rings is 1. The summed E-state index contributed by atoms with van der Waals surface area (Å²) in [5.41, 5.74) is 2.29. The molecule has 134 valence electrons. The maximum absolute atomic E-state index is 12.4. The summed E-state index contributed by atoms with van der Waals surface area (Å²) >= 11 is 1.26. The molecule has 0 aliphatic carbocycles. The molecule has 0 spiro atoms. The lowest BCUT2D eigenvalue weighted by atomic mass is 10.1. The summed E-state index contributed by atoms with van der Waals surface area (Å²) in [4.78, 5) is 28.0. The summed E-state index contributed by atoms with van der Waals surface area (Å²) < 4.78 is 5.31. The molecule has 3 aromatic rings. The van der Waals surface area contributed by atoms with Crippen LogP contribution >= 0.6 is 11.3 Å². The number of nitrogens with zero attached hydrogens (tertiary/aromatic N) is 2. The SMILES string of the molecule is CNC(=O)Cc1csc(NC(=O)c2cc(-c3ccccc3OC)n[nH]2)n1. The van der Waals surface area contributed by atoms with E-state index in [0.29, 0.717) is 28.0 Å². The van der Waals surface area contributed by atoms with E-state index in [1.165, 1.54) is 11.3 Å². The Morgan fingerprint density at radius 2 is 2.12 bits per heavy atom. The third-order valence-corrected chi connectivity index (χ3v) is 4.40. The quantitative estimate of drug-likeness (QED) is 0.615. The molecule has 0 saturated carbocycles. The average Bonchev–Trinajstić information content (AvgIpc) is 3.31. The van der Waals surface area contributed by atoms with Gasteiger partial charge in [-0.05, 0) is 18.2 Å². The number of carbonyl (C=O) groups excluding carboxylic acids is 2. The molecule has 0 unspecified atom stereocenters. The average molecular weight is 371 g/mol. The monoisotopic (exact) mass is 371 g/mol. The van der Waals surface area contributed by atoms with E-state index in [2.05, 4.69) is 25.8 Å². The third kappa shape index (κ3) is 3.89. The minimum Gasteiger partial charge on any atom is -0.496 e. The van der Waals surface area contributed by atoms with Crippen LogP contribution in [0.4, 0.5) is 5.13 Å². The molecule has 0 radical (unpaired) electrons. The lowest BCUT2D eigenvalue weighted by Gasteiger charge is -2.04. The normalized spacial score (nSPS) is 10.4. The minimum absolute atomic E-state index is 0.136. The second kappa shape index (κ2) is 7.79. The first-order valence-corrected chi connectivity index (χ1v) is 8.64. The van der Waals surface area contributed by atoms with Crippen molar-refractivity contribution in [1.82, 2.24) is 20.5 Å². The second-order valence-corrected chi connectivity index (χ2v) is 6.17. The fourth-order valence-electron chi connectivity index (χ4n) is 2.30. The van der Waals surface area contributed by atoms with Gasteiger partial charge in [0.2, 0.25) is 5.91 Å². The van der Waals surface area contributed by atoms with Gasteiger partial charge in [0.15, 0.2) is 5.13 Å². The standard InChI is InChI=1S/C17H17N5O3S/c1-18-15(23)7-10-9-26-17(19-10)20-16(24)13-8-12(21-22-13)11-5-3-4-6-14(11)25-2/h3-6,8-9H,7H2,1-2H3,(H,18,23)(H,21,22)(H,19,20,24). The van der Waals surface area contributed by atoms with Crippen molar-refractivity contribution in [2.24, 2.45) is 0 Å². The van der Waals surface area contributed by atoms with E-state index < -0.39 is 0 Å². The van der Waals surface area contributed by atoms with E-state index in [4.69, 9.17) is 4.74 Å². The van der Waals surface area contributed by atoms with Gasteiger partial charge in [-0.25, -0.2) is 4.98 Å². The molecule has 0 fully saturated rings. The number of para-hydroxylation sites is 1. The first-order valence-electron chi connectivity index (χ1n) is 7.76. The number of rotatable bonds is 6. The summed E-state index contributed by atoms with van der Waals surface area (Å²) in [6.45, 7) is 0. The number of likely N-dealkylation sites (N-methyl/N-ethyl adjacent to an activating group) is 1. The van der Waals surface area contributed by atoms with E-state index in [1.807, 2.05) is 24.3 Å². The highest BCUT2D eigenvalue weighted by atomic mass is 32.1. The van der Waals surface area contributed by atoms with Gasteiger partial charge in [-0.3, -0.25) is 20.0 Å². The molecular formula is C17H17N5O3S. The molecule has 2 heterocycles. The number of aromatic amines is 1. The van der Waals surface area contributed by atoms with E-state index in [0.717, 1.165) is 5.56 Å². The third-order valence-electron chi connectivity index (χ3n) is 3.60. The molecule has 0 saturated heterocycles. The molecular weight excluding hydrogens is 354 g/mol. The Morgan fingerprint density at radius 1 is 1.31 bits per heavy atom. The molecule has 26 heavy (non-hydrogen) atoms. The number of hydrogen-bond acceptors (Lipinski definition) is 6. The zero-order valence-corrected chi connectivity index (χ0v) is 15.0. The van der Waals surface area contributed by atoms with Crippen molar-refractivity contribution in [2.75, 3.05) is 19.5 Å². The number of benzene rings is 1. The van der Waals surface area contributed by atoms with Crippen molar-refractivity contribution in [2.45, 2.75) is 6.42 Å². The predicted octanol–water partition coefficient (Wildman–Crippen LogP) is 2.08. The van der Waals surface area contributed by atoms with Crippen LogP contribution in [0.3, 0.4) is 0 Å². The Bertz CT molecular complexity index is 934. The summed E-state index contributed by atoms with van der Waals surface area (Å²) in [5, 5.41) is 14.3. The van der Waals surface area contributed by atoms with Crippen molar-refractivity contribution in [3.05, 3.63) is 47.1 Å². The van der Waals surface area contributed by atoms with Gasteiger partial charge in [0, 0.05) is 18.0 Å². The van der Waals surface area contributed by atoms with Crippen molar-refractivity contribution in [1.29, 1.82) is 0 Å². The smallest absolute Gasteiger partial charge is 0.275 e. The van der Waals surface area contributed by atoms with E-state index in [-0.39, 0.29) is 18.2 Å². The number of methoxy groups -OCH3 is 1. The Kier molecular flexibility index (Phi) is 5.28. The minimum atomic E-state index is -0.362. The van der Waals surface area contributed by atoms with Gasteiger partial charge in [-0.1, -0.05) is 12.1 Å². The molecule has 2 amide bonds. The van der Waals surface area contributed by atoms with Crippen molar-refractivity contribution in [3.63, 3.8) is 0 Å². The maximum atomic E-state index is 12.4. The lowest BCUT2D eigenvalue weighted by Crippen LogP contribution is -2.20. The maximum Gasteiger partial charge on any atom is 0.275 e. The lowest BCUT2D eigenvalue weighted by molar-refractivity contribution is -0.120. The van der Waals surface area contributed by atoms with Crippen LogP contribution in [0.15, 0.2) is 35.7 Å². The van der Waals surface area contributed by atoms with E-state index in [9.17, 15) is 9.59 Å². The molecule has 0 aliphatic rings. The second-order valence-electron chi connectivity index (χ2n) is 5.32. The fraction of sp³-hybridized carbons (Fsp3) is 0.176. The number of nitrogens with one attached hydrogen (secondary N) is 3. The van der Waals surface area contributed by atoms with Gasteiger partial charge >= 0.3 is 0 Å². The zero-order valence-electron chi connectivity index (χ0n) is 14.2. The van der Waals surface area contributed by atoms with Crippen LogP contribution in [-0.2, 0) is 11.2 Å². The Balaban J connectivity index is 1.72. The van der Waals surface area contributed by atoms with Crippen LogP contribution in [0.2, 0.25) is 0 Å². The molecule has 0 aliphatic heterocycles. The summed E-state index contributed by atoms with van der Waals surface area (Å²) in [5.74, 6) is 0.174. The van der Waals surface area contributed by atoms with Crippen molar-refractivity contribution < 1.29 is 14.3 Å². The van der Waals surface area contributed by atoms with Crippen LogP contribution in [0.1, 0.15) is 16.2 Å². The number of hydrogen-bond donors (Lipinski definition) is 3. The van der Waals surface area contributed by atoms with Gasteiger partial charge in [-0.2, -0.15) is 5.10 Å². The van der Waals surface area contributed by atoms with Gasteiger partial charge in [-0.15, -0.1) is 11.3 Å². The highest BCUT2D eigenvalue weighted by Crippen LogP contribution is 2.28. The van der Waals surface area contributed by atoms with Crippen LogP contribution in [0, 0.1) is 0 Å². The molecule has 3 rings (SSSR count). The molecule has 2 aromatic heterocycles. The molecule has 3 N–H and O–H groups in total. The highest BCUT2D eigenvalue weighted by molar-refractivity contribution is 7.14. The summed E-state index contributed by atoms with van der Waals surface area (Å²) in [6, 6.07) is 9.07. The van der Waals surface area contributed by atoms with Crippen LogP contribution < -0.4 is 15.4 Å². The fourth-order valence-corrected chi connectivity index (χ4v) is 3.00. The number of ether oxygens (including phenoxy) is 1. The van der Waals surface area contributed by atoms with Gasteiger partial charge in [0.05, 0.1) is 24.9 Å². The Morgan fingerprint density at radius 3 is 2.88 bits per heavy atom. The first-order chi connectivity index (χ1) is 12.6. The number of amides is 2. The largest absolute Gasteiger partial charge is 0.496 e. The van der Waals surface area contributed by atoms with Gasteiger partial charge in [0.1, 0.15) is 11.4 Å². The van der Waals surface area contributed by atoms with E-state index in [1.54, 1.807) is 25.6 Å². The van der Waals surface area contributed by atoms with Gasteiger partial charge < -0.3 is 10.1 Å². The molecule has 1 aromatic carbocycles. The molecule has 0 bridgehead atoms. The zero-order chi connectivity index (χ0) is 18.5. The summed E-state index contributed by atoms with van der Waals surface area (Å²) in [7, 11) is 3.15. The summed E-state index contributed by atoms with van der Waals surface area (Å²) in [6.07, 6.45) is 0.172. The molecule has 9 heteroatoms. The van der Waals surface area contributed by atoms with Crippen molar-refractivity contribution in [3.8, 4) is 17.0 Å². The number of anilines is 1. The molecule has 0 atom stereocenters.